The van der Waals surface area contributed by atoms with E-state index in [1.165, 1.54) is 11.8 Å². The van der Waals surface area contributed by atoms with Crippen LogP contribution in [0, 0.1) is 10.5 Å². The third kappa shape index (κ3) is 6.32. The molecule has 0 saturated heterocycles. The fourth-order valence-electron chi connectivity index (χ4n) is 3.11. The Hall–Kier alpha value is -2.40. The van der Waals surface area contributed by atoms with Crippen molar-refractivity contribution >= 4 is 51.9 Å². The lowest BCUT2D eigenvalue weighted by atomic mass is 10.0. The first-order valence-corrected chi connectivity index (χ1v) is 12.3. The molecule has 0 unspecified atom stereocenters. The molecule has 0 fully saturated rings. The van der Waals surface area contributed by atoms with Gasteiger partial charge in [0.15, 0.2) is 11.0 Å². The van der Waals surface area contributed by atoms with E-state index in [9.17, 15) is 9.59 Å². The van der Waals surface area contributed by atoms with Crippen LogP contribution in [0.4, 0.5) is 5.69 Å². The Morgan fingerprint density at radius 2 is 1.94 bits per heavy atom. The number of anilines is 1. The van der Waals surface area contributed by atoms with Gasteiger partial charge in [0.1, 0.15) is 0 Å². The van der Waals surface area contributed by atoms with Gasteiger partial charge in [-0.1, -0.05) is 43.3 Å². The van der Waals surface area contributed by atoms with Crippen LogP contribution in [-0.4, -0.2) is 32.3 Å². The molecular weight excluding hydrogens is 537 g/mol. The summed E-state index contributed by atoms with van der Waals surface area (Å²) in [5.74, 6) is 0.877. The molecule has 0 aliphatic heterocycles. The number of nitrogens with one attached hydrogen (secondary N) is 2. The Balaban J connectivity index is 1.56. The maximum atomic E-state index is 12.5. The summed E-state index contributed by atoms with van der Waals surface area (Å²) in [6.45, 7) is 6.41. The van der Waals surface area contributed by atoms with Crippen molar-refractivity contribution in [1.29, 1.82) is 0 Å². The van der Waals surface area contributed by atoms with E-state index in [1.54, 1.807) is 10.6 Å². The number of rotatable bonds is 8. The molecule has 9 heteroatoms. The van der Waals surface area contributed by atoms with E-state index >= 15 is 0 Å². The standard InChI is InChI=1S/C23H26IN5O2S/c1-14(2)18-11-17(24)8-9-19(18)26-21(30)13-32-23-28-27-20(29(23)4)12-25-22(31)16-7-5-6-15(3)10-16/h5-11,14H,12-13H2,1-4H3,(H,25,31)(H,26,30). The molecule has 0 saturated carbocycles. The quantitative estimate of drug-likeness (QED) is 0.311. The van der Waals surface area contributed by atoms with E-state index in [2.05, 4.69) is 63.3 Å². The van der Waals surface area contributed by atoms with Crippen molar-refractivity contribution in [2.45, 2.75) is 38.4 Å². The number of hydrogen-bond donors (Lipinski definition) is 2. The van der Waals surface area contributed by atoms with Gasteiger partial charge >= 0.3 is 0 Å². The zero-order valence-corrected chi connectivity index (χ0v) is 21.5. The number of hydrogen-bond acceptors (Lipinski definition) is 5. The van der Waals surface area contributed by atoms with Crippen LogP contribution < -0.4 is 10.6 Å². The number of nitrogens with zero attached hydrogens (tertiary/aromatic N) is 3. The smallest absolute Gasteiger partial charge is 0.251 e. The summed E-state index contributed by atoms with van der Waals surface area (Å²) in [6, 6.07) is 13.4. The zero-order valence-electron chi connectivity index (χ0n) is 18.5. The predicted molar refractivity (Wildman–Crippen MR) is 136 cm³/mol. The van der Waals surface area contributed by atoms with Crippen LogP contribution in [0.1, 0.15) is 47.1 Å². The minimum atomic E-state index is -0.163. The Morgan fingerprint density at radius 1 is 1.16 bits per heavy atom. The van der Waals surface area contributed by atoms with Crippen LogP contribution in [0.5, 0.6) is 0 Å². The first kappa shape index (κ1) is 24.2. The second-order valence-corrected chi connectivity index (χ2v) is 9.92. The highest BCUT2D eigenvalue weighted by atomic mass is 127. The van der Waals surface area contributed by atoms with Crippen molar-refractivity contribution in [3.8, 4) is 0 Å². The second kappa shape index (κ2) is 11.0. The first-order valence-electron chi connectivity index (χ1n) is 10.2. The molecule has 2 N–H and O–H groups in total. The molecule has 1 heterocycles. The normalized spacial score (nSPS) is 10.9. The van der Waals surface area contributed by atoms with Gasteiger partial charge in [-0.2, -0.15) is 0 Å². The fraction of sp³-hybridized carbons (Fsp3) is 0.304. The van der Waals surface area contributed by atoms with Gasteiger partial charge < -0.3 is 15.2 Å². The van der Waals surface area contributed by atoms with Gasteiger partial charge in [0.25, 0.3) is 5.91 Å². The van der Waals surface area contributed by atoms with Crippen LogP contribution in [0.2, 0.25) is 0 Å². The zero-order chi connectivity index (χ0) is 23.3. The van der Waals surface area contributed by atoms with Gasteiger partial charge in [-0.25, -0.2) is 0 Å². The number of thioether (sulfide) groups is 1. The van der Waals surface area contributed by atoms with Crippen LogP contribution >= 0.6 is 34.4 Å². The molecule has 168 valence electrons. The lowest BCUT2D eigenvalue weighted by Crippen LogP contribution is -2.24. The van der Waals surface area contributed by atoms with E-state index in [-0.39, 0.29) is 24.1 Å². The Labute approximate surface area is 205 Å². The summed E-state index contributed by atoms with van der Waals surface area (Å²) in [5, 5.41) is 14.8. The lowest BCUT2D eigenvalue weighted by Gasteiger charge is -2.14. The third-order valence-corrected chi connectivity index (χ3v) is 6.55. The van der Waals surface area contributed by atoms with Crippen molar-refractivity contribution in [2.75, 3.05) is 11.1 Å². The van der Waals surface area contributed by atoms with Gasteiger partial charge in [-0.05, 0) is 71.3 Å². The Morgan fingerprint density at radius 3 is 2.66 bits per heavy atom. The largest absolute Gasteiger partial charge is 0.345 e. The molecule has 0 aliphatic carbocycles. The fourth-order valence-corrected chi connectivity index (χ4v) is 4.36. The predicted octanol–water partition coefficient (Wildman–Crippen LogP) is 4.51. The molecule has 32 heavy (non-hydrogen) atoms. The number of aryl methyl sites for hydroxylation is 1. The van der Waals surface area contributed by atoms with Gasteiger partial charge in [-0.3, -0.25) is 9.59 Å². The lowest BCUT2D eigenvalue weighted by molar-refractivity contribution is -0.113. The topological polar surface area (TPSA) is 88.9 Å². The molecule has 7 nitrogen and oxygen atoms in total. The molecular formula is C23H26IN5O2S. The van der Waals surface area contributed by atoms with Gasteiger partial charge in [-0.15, -0.1) is 10.2 Å². The van der Waals surface area contributed by atoms with E-state index in [0.29, 0.717) is 22.5 Å². The molecule has 0 aliphatic rings. The van der Waals surface area contributed by atoms with Gasteiger partial charge in [0.05, 0.1) is 12.3 Å². The van der Waals surface area contributed by atoms with Crippen LogP contribution in [0.3, 0.4) is 0 Å². The minimum Gasteiger partial charge on any atom is -0.345 e. The molecule has 3 aromatic rings. The molecule has 0 bridgehead atoms. The summed E-state index contributed by atoms with van der Waals surface area (Å²) >= 11 is 3.58. The summed E-state index contributed by atoms with van der Waals surface area (Å²) in [6.07, 6.45) is 0. The average molecular weight is 563 g/mol. The summed E-state index contributed by atoms with van der Waals surface area (Å²) < 4.78 is 2.93. The van der Waals surface area contributed by atoms with Crippen molar-refractivity contribution in [1.82, 2.24) is 20.1 Å². The molecule has 0 spiro atoms. The highest BCUT2D eigenvalue weighted by molar-refractivity contribution is 14.1. The molecule has 2 amide bonds. The Kier molecular flexibility index (Phi) is 8.30. The second-order valence-electron chi connectivity index (χ2n) is 7.73. The average Bonchev–Trinajstić information content (AvgIpc) is 3.11. The summed E-state index contributed by atoms with van der Waals surface area (Å²) in [4.78, 5) is 24.9. The van der Waals surface area contributed by atoms with Crippen molar-refractivity contribution in [2.24, 2.45) is 7.05 Å². The number of aromatic nitrogens is 3. The SMILES string of the molecule is Cc1cccc(C(=O)NCc2nnc(SCC(=O)Nc3ccc(I)cc3C(C)C)n2C)c1. The summed E-state index contributed by atoms with van der Waals surface area (Å²) in [5.41, 5.74) is 3.58. The Bertz CT molecular complexity index is 1130. The van der Waals surface area contributed by atoms with Gasteiger partial charge in [0, 0.05) is 21.9 Å². The number of benzene rings is 2. The van der Waals surface area contributed by atoms with E-state index in [4.69, 9.17) is 0 Å². The number of halogens is 1. The van der Waals surface area contributed by atoms with E-state index < -0.39 is 0 Å². The maximum Gasteiger partial charge on any atom is 0.251 e. The monoisotopic (exact) mass is 563 g/mol. The van der Waals surface area contributed by atoms with Crippen molar-refractivity contribution in [3.05, 3.63) is 68.5 Å². The molecule has 3 rings (SSSR count). The van der Waals surface area contributed by atoms with Crippen LogP contribution in [-0.2, 0) is 18.4 Å². The minimum absolute atomic E-state index is 0.101. The van der Waals surface area contributed by atoms with Crippen molar-refractivity contribution < 1.29 is 9.59 Å². The van der Waals surface area contributed by atoms with E-state index in [0.717, 1.165) is 20.4 Å². The van der Waals surface area contributed by atoms with Crippen molar-refractivity contribution in [3.63, 3.8) is 0 Å². The third-order valence-electron chi connectivity index (χ3n) is 4.85. The van der Waals surface area contributed by atoms with Crippen LogP contribution in [0.15, 0.2) is 47.6 Å². The van der Waals surface area contributed by atoms with E-state index in [1.807, 2.05) is 44.3 Å². The summed E-state index contributed by atoms with van der Waals surface area (Å²) in [7, 11) is 1.82. The first-order chi connectivity index (χ1) is 15.2. The van der Waals surface area contributed by atoms with Crippen LogP contribution in [0.25, 0.3) is 0 Å². The molecule has 2 aromatic carbocycles. The number of carbonyl (C=O) groups excluding carboxylic acids is 2. The molecule has 0 radical (unpaired) electrons. The number of amides is 2. The van der Waals surface area contributed by atoms with Gasteiger partial charge in [0.2, 0.25) is 5.91 Å². The molecule has 1 aromatic heterocycles. The molecule has 0 atom stereocenters. The number of carbonyl (C=O) groups is 2. The maximum absolute atomic E-state index is 12.5. The highest BCUT2D eigenvalue weighted by Crippen LogP contribution is 2.26. The highest BCUT2D eigenvalue weighted by Gasteiger charge is 2.15.